The maximum atomic E-state index is 14.5. The normalized spacial score (nSPS) is 19.8. The van der Waals surface area contributed by atoms with E-state index in [1.165, 1.54) is 0 Å². The highest BCUT2D eigenvalue weighted by Crippen LogP contribution is 2.32. The molecule has 2 aliphatic rings. The van der Waals surface area contributed by atoms with E-state index in [1.54, 1.807) is 0 Å². The van der Waals surface area contributed by atoms with Gasteiger partial charge in [0.05, 0.1) is 32.0 Å². The van der Waals surface area contributed by atoms with E-state index in [4.69, 9.17) is 15.4 Å². The highest BCUT2D eigenvalue weighted by molar-refractivity contribution is 5.90. The summed E-state index contributed by atoms with van der Waals surface area (Å²) in [7, 11) is 0. The third kappa shape index (κ3) is 3.19. The molecule has 3 rings (SSSR count). The molecule has 2 fully saturated rings. The molecule has 0 spiro atoms. The first-order valence-corrected chi connectivity index (χ1v) is 7.56. The second-order valence-electron chi connectivity index (χ2n) is 5.70. The van der Waals surface area contributed by atoms with Gasteiger partial charge in [-0.05, 0) is 5.53 Å². The number of hydrogen-bond donors (Lipinski definition) is 1. The summed E-state index contributed by atoms with van der Waals surface area (Å²) in [6, 6.07) is 1.92. The SMILES string of the molecule is [N-]=[N+]=NC[C@@H]1CN(c2cc(F)c(N3CC(=O)N(CO)C3)c(F)c2)C(=O)O1. The van der Waals surface area contributed by atoms with E-state index in [0.29, 0.717) is 0 Å². The fourth-order valence-corrected chi connectivity index (χ4v) is 2.84. The van der Waals surface area contributed by atoms with E-state index in [1.807, 2.05) is 0 Å². The average molecular weight is 368 g/mol. The highest BCUT2D eigenvalue weighted by atomic mass is 19.1. The van der Waals surface area contributed by atoms with Crippen molar-refractivity contribution in [3.8, 4) is 0 Å². The van der Waals surface area contributed by atoms with E-state index in [-0.39, 0.29) is 32.0 Å². The van der Waals surface area contributed by atoms with Gasteiger partial charge in [-0.25, -0.2) is 13.6 Å². The zero-order valence-corrected chi connectivity index (χ0v) is 13.4. The second kappa shape index (κ2) is 7.02. The molecule has 138 valence electrons. The number of rotatable bonds is 5. The van der Waals surface area contributed by atoms with Crippen molar-refractivity contribution in [1.82, 2.24) is 4.90 Å². The van der Waals surface area contributed by atoms with Crippen molar-refractivity contribution in [2.75, 3.05) is 42.8 Å². The molecule has 0 saturated carbocycles. The first kappa shape index (κ1) is 17.7. The lowest BCUT2D eigenvalue weighted by atomic mass is 10.2. The van der Waals surface area contributed by atoms with Crippen LogP contribution in [0.4, 0.5) is 25.0 Å². The number of halogens is 2. The number of amides is 2. The van der Waals surface area contributed by atoms with Crippen LogP contribution in [-0.2, 0) is 9.53 Å². The van der Waals surface area contributed by atoms with Gasteiger partial charge >= 0.3 is 6.09 Å². The summed E-state index contributed by atoms with van der Waals surface area (Å²) in [5.41, 5.74) is 7.82. The van der Waals surface area contributed by atoms with Crippen LogP contribution in [0.3, 0.4) is 0 Å². The van der Waals surface area contributed by atoms with Crippen molar-refractivity contribution < 1.29 is 28.2 Å². The summed E-state index contributed by atoms with van der Waals surface area (Å²) < 4.78 is 33.9. The molecule has 2 saturated heterocycles. The number of ether oxygens (including phenoxy) is 1. The van der Waals surface area contributed by atoms with Crippen molar-refractivity contribution in [3.05, 3.63) is 34.2 Å². The Bertz CT molecular complexity index is 777. The van der Waals surface area contributed by atoms with Crippen LogP contribution in [0.1, 0.15) is 0 Å². The van der Waals surface area contributed by atoms with Crippen LogP contribution < -0.4 is 9.80 Å². The largest absolute Gasteiger partial charge is 0.444 e. The van der Waals surface area contributed by atoms with Gasteiger partial charge in [-0.3, -0.25) is 9.69 Å². The smallest absolute Gasteiger partial charge is 0.414 e. The van der Waals surface area contributed by atoms with Gasteiger partial charge in [0.2, 0.25) is 5.91 Å². The van der Waals surface area contributed by atoms with Crippen molar-refractivity contribution in [3.63, 3.8) is 0 Å². The number of carbonyl (C=O) groups excluding carboxylic acids is 2. The monoisotopic (exact) mass is 368 g/mol. The van der Waals surface area contributed by atoms with Crippen LogP contribution >= 0.6 is 0 Å². The third-order valence-corrected chi connectivity index (χ3v) is 4.04. The molecule has 0 aliphatic carbocycles. The van der Waals surface area contributed by atoms with E-state index in [0.717, 1.165) is 26.8 Å². The van der Waals surface area contributed by atoms with Crippen molar-refractivity contribution in [2.24, 2.45) is 5.11 Å². The van der Waals surface area contributed by atoms with Crippen LogP contribution in [0.15, 0.2) is 17.2 Å². The van der Waals surface area contributed by atoms with Gasteiger partial charge in [0.15, 0.2) is 11.6 Å². The Kier molecular flexibility index (Phi) is 4.78. The lowest BCUT2D eigenvalue weighted by Crippen LogP contribution is -2.29. The summed E-state index contributed by atoms with van der Waals surface area (Å²) >= 11 is 0. The standard InChI is InChI=1S/C14H14F2N6O4/c15-10-1-8(22-4-9(3-18-19-17)26-14(22)25)2-11(16)13(10)20-5-12(24)21(6-20)7-23/h1-2,9,23H,3-7H2/t9-/m1/s1. The van der Waals surface area contributed by atoms with Crippen LogP contribution in [0, 0.1) is 11.6 Å². The minimum atomic E-state index is -0.959. The summed E-state index contributed by atoms with van der Waals surface area (Å²) in [5.74, 6) is -2.38. The molecule has 10 nitrogen and oxygen atoms in total. The number of carbonyl (C=O) groups is 2. The number of azide groups is 1. The lowest BCUT2D eigenvalue weighted by Gasteiger charge is -2.21. The fraction of sp³-hybridized carbons (Fsp3) is 0.429. The van der Waals surface area contributed by atoms with E-state index < -0.39 is 42.2 Å². The summed E-state index contributed by atoms with van der Waals surface area (Å²) in [6.07, 6.45) is -1.52. The number of anilines is 2. The minimum Gasteiger partial charge on any atom is -0.444 e. The number of cyclic esters (lactones) is 1. The lowest BCUT2D eigenvalue weighted by molar-refractivity contribution is -0.129. The first-order valence-electron chi connectivity index (χ1n) is 7.56. The third-order valence-electron chi connectivity index (χ3n) is 4.04. The fourth-order valence-electron chi connectivity index (χ4n) is 2.84. The second-order valence-corrected chi connectivity index (χ2v) is 5.70. The maximum Gasteiger partial charge on any atom is 0.414 e. The van der Waals surface area contributed by atoms with Gasteiger partial charge < -0.3 is 19.6 Å². The van der Waals surface area contributed by atoms with Crippen molar-refractivity contribution in [1.29, 1.82) is 0 Å². The number of benzene rings is 1. The molecule has 0 bridgehead atoms. The summed E-state index contributed by atoms with van der Waals surface area (Å²) in [6.45, 7) is -1.08. The molecule has 0 unspecified atom stereocenters. The van der Waals surface area contributed by atoms with Gasteiger partial charge in [0.1, 0.15) is 18.5 Å². The maximum absolute atomic E-state index is 14.5. The van der Waals surface area contributed by atoms with Crippen LogP contribution in [-0.4, -0.2) is 61.1 Å². The molecule has 2 amide bonds. The molecular formula is C14H14F2N6O4. The summed E-state index contributed by atoms with van der Waals surface area (Å²) in [4.78, 5) is 29.3. The molecule has 2 heterocycles. The highest BCUT2D eigenvalue weighted by Gasteiger charge is 2.35. The number of aliphatic hydroxyl groups is 1. The Labute approximate surface area is 145 Å². The van der Waals surface area contributed by atoms with Gasteiger partial charge in [0.25, 0.3) is 0 Å². The Morgan fingerprint density at radius 1 is 1.35 bits per heavy atom. The Morgan fingerprint density at radius 3 is 2.62 bits per heavy atom. The van der Waals surface area contributed by atoms with E-state index in [2.05, 4.69) is 10.0 Å². The van der Waals surface area contributed by atoms with Gasteiger partial charge in [-0.1, -0.05) is 5.11 Å². The van der Waals surface area contributed by atoms with Gasteiger partial charge in [-0.2, -0.15) is 0 Å². The predicted molar refractivity (Wildman–Crippen MR) is 84.1 cm³/mol. The Morgan fingerprint density at radius 2 is 2.04 bits per heavy atom. The predicted octanol–water partition coefficient (Wildman–Crippen LogP) is 1.16. The number of nitrogens with zero attached hydrogens (tertiary/aromatic N) is 6. The molecule has 1 atom stereocenters. The van der Waals surface area contributed by atoms with E-state index >= 15 is 0 Å². The quantitative estimate of drug-likeness (QED) is 0.475. The zero-order chi connectivity index (χ0) is 18.8. The molecule has 0 aromatic heterocycles. The molecule has 0 radical (unpaired) electrons. The molecule has 1 N–H and O–H groups in total. The molecule has 1 aromatic rings. The topological polar surface area (TPSA) is 122 Å². The van der Waals surface area contributed by atoms with Gasteiger partial charge in [0, 0.05) is 17.0 Å². The van der Waals surface area contributed by atoms with Crippen molar-refractivity contribution in [2.45, 2.75) is 6.10 Å². The molecule has 1 aromatic carbocycles. The number of hydrogen-bond acceptors (Lipinski definition) is 6. The Balaban J connectivity index is 1.83. The number of aliphatic hydroxyl groups excluding tert-OH is 1. The molecule has 12 heteroatoms. The molecule has 26 heavy (non-hydrogen) atoms. The Hall–Kier alpha value is -3.11. The molecule has 2 aliphatic heterocycles. The zero-order valence-electron chi connectivity index (χ0n) is 13.4. The summed E-state index contributed by atoms with van der Waals surface area (Å²) in [5, 5.41) is 12.4. The van der Waals surface area contributed by atoms with Crippen LogP contribution in [0.2, 0.25) is 0 Å². The minimum absolute atomic E-state index is 0.0173. The van der Waals surface area contributed by atoms with E-state index in [9.17, 15) is 18.4 Å². The van der Waals surface area contributed by atoms with Crippen LogP contribution in [0.25, 0.3) is 10.4 Å². The van der Waals surface area contributed by atoms with Crippen molar-refractivity contribution >= 4 is 23.4 Å². The van der Waals surface area contributed by atoms with Gasteiger partial charge in [-0.15, -0.1) is 0 Å². The van der Waals surface area contributed by atoms with Crippen LogP contribution in [0.5, 0.6) is 0 Å². The molecular weight excluding hydrogens is 354 g/mol. The first-order chi connectivity index (χ1) is 12.4. The average Bonchev–Trinajstić information content (AvgIpc) is 3.14.